The van der Waals surface area contributed by atoms with Crippen molar-refractivity contribution < 1.29 is 9.59 Å². The lowest BCUT2D eigenvalue weighted by molar-refractivity contribution is 0.0926. The molecule has 102 valence electrons. The Hall–Kier alpha value is -2.66. The molecule has 1 N–H and O–H groups in total. The number of hydrogen-bond donors (Lipinski definition) is 1. The molecule has 0 bridgehead atoms. The second-order valence-corrected chi connectivity index (χ2v) is 5.08. The van der Waals surface area contributed by atoms with E-state index in [0.717, 1.165) is 4.90 Å². The molecule has 21 heavy (non-hydrogen) atoms. The molecule has 1 aromatic heterocycles. The van der Waals surface area contributed by atoms with Crippen LogP contribution in [0.5, 0.6) is 0 Å². The van der Waals surface area contributed by atoms with Crippen LogP contribution >= 0.6 is 11.6 Å². The van der Waals surface area contributed by atoms with Gasteiger partial charge >= 0.3 is 0 Å². The van der Waals surface area contributed by atoms with Crippen molar-refractivity contribution in [3.8, 4) is 0 Å². The summed E-state index contributed by atoms with van der Waals surface area (Å²) in [5.74, 6) is -0.694. The molecule has 2 aromatic carbocycles. The minimum atomic E-state index is -0.347. The lowest BCUT2D eigenvalue weighted by Gasteiger charge is -2.14. The van der Waals surface area contributed by atoms with Crippen molar-refractivity contribution in [2.75, 3.05) is 4.90 Å². The molecule has 0 radical (unpaired) electrons. The van der Waals surface area contributed by atoms with Crippen molar-refractivity contribution >= 4 is 40.0 Å². The molecule has 0 unspecified atom stereocenters. The number of halogens is 1. The van der Waals surface area contributed by atoms with Crippen molar-refractivity contribution in [3.63, 3.8) is 0 Å². The topological polar surface area (TPSA) is 66.1 Å². The summed E-state index contributed by atoms with van der Waals surface area (Å²) < 4.78 is 0. The Kier molecular flexibility index (Phi) is 2.40. The average Bonchev–Trinajstić information content (AvgIpc) is 3.00. The average molecular weight is 298 g/mol. The van der Waals surface area contributed by atoms with Gasteiger partial charge in [0.25, 0.3) is 11.8 Å². The smallest absolute Gasteiger partial charge is 0.266 e. The van der Waals surface area contributed by atoms with E-state index in [-0.39, 0.29) is 11.8 Å². The Morgan fingerprint density at radius 1 is 0.952 bits per heavy atom. The van der Waals surface area contributed by atoms with Crippen LogP contribution < -0.4 is 4.90 Å². The maximum absolute atomic E-state index is 12.5. The number of nitrogens with zero attached hydrogens (tertiary/aromatic N) is 2. The highest BCUT2D eigenvalue weighted by Gasteiger charge is 2.37. The SMILES string of the molecule is O=C1c2ccccc2C(=O)N1c1cccc2n[nH]c(Cl)c12. The minimum Gasteiger partial charge on any atom is -0.268 e. The Morgan fingerprint density at radius 3 is 2.29 bits per heavy atom. The van der Waals surface area contributed by atoms with Gasteiger partial charge in [-0.05, 0) is 24.3 Å². The number of amides is 2. The van der Waals surface area contributed by atoms with E-state index in [1.165, 1.54) is 0 Å². The molecular weight excluding hydrogens is 290 g/mol. The summed E-state index contributed by atoms with van der Waals surface area (Å²) in [5.41, 5.74) is 1.85. The van der Waals surface area contributed by atoms with Gasteiger partial charge in [0, 0.05) is 0 Å². The van der Waals surface area contributed by atoms with Crippen LogP contribution in [0, 0.1) is 0 Å². The van der Waals surface area contributed by atoms with Crippen molar-refractivity contribution in [1.29, 1.82) is 0 Å². The summed E-state index contributed by atoms with van der Waals surface area (Å²) >= 11 is 6.10. The summed E-state index contributed by atoms with van der Waals surface area (Å²) in [4.78, 5) is 26.2. The largest absolute Gasteiger partial charge is 0.268 e. The van der Waals surface area contributed by atoms with E-state index in [2.05, 4.69) is 10.2 Å². The van der Waals surface area contributed by atoms with Gasteiger partial charge in [0.1, 0.15) is 5.15 Å². The Morgan fingerprint density at radius 2 is 1.62 bits per heavy atom. The number of hydrogen-bond acceptors (Lipinski definition) is 3. The van der Waals surface area contributed by atoms with E-state index in [1.54, 1.807) is 42.5 Å². The maximum Gasteiger partial charge on any atom is 0.266 e. The van der Waals surface area contributed by atoms with Crippen LogP contribution in [0.15, 0.2) is 42.5 Å². The van der Waals surface area contributed by atoms with Crippen LogP contribution in [0.3, 0.4) is 0 Å². The van der Waals surface area contributed by atoms with Crippen LogP contribution in [0.25, 0.3) is 10.9 Å². The van der Waals surface area contributed by atoms with Gasteiger partial charge in [-0.1, -0.05) is 29.8 Å². The third-order valence-electron chi connectivity index (χ3n) is 3.55. The number of nitrogens with one attached hydrogen (secondary N) is 1. The van der Waals surface area contributed by atoms with Crippen molar-refractivity contribution in [2.24, 2.45) is 0 Å². The number of H-pyrrole nitrogens is 1. The predicted octanol–water partition coefficient (Wildman–Crippen LogP) is 3.02. The molecule has 4 rings (SSSR count). The Labute approximate surface area is 124 Å². The lowest BCUT2D eigenvalue weighted by Crippen LogP contribution is -2.29. The first-order valence-corrected chi connectivity index (χ1v) is 6.66. The van der Waals surface area contributed by atoms with Crippen molar-refractivity contribution in [2.45, 2.75) is 0 Å². The standard InChI is InChI=1S/C15H8ClN3O2/c16-13-12-10(17-18-13)6-3-7-11(12)19-14(20)8-4-1-2-5-9(8)15(19)21/h1-7H,(H,17,18). The van der Waals surface area contributed by atoms with Crippen molar-refractivity contribution in [1.82, 2.24) is 10.2 Å². The number of carbonyl (C=O) groups is 2. The molecule has 0 saturated heterocycles. The van der Waals surface area contributed by atoms with E-state index in [9.17, 15) is 9.59 Å². The molecule has 5 nitrogen and oxygen atoms in total. The molecular formula is C15H8ClN3O2. The van der Waals surface area contributed by atoms with E-state index in [0.29, 0.717) is 32.9 Å². The number of carbonyl (C=O) groups excluding carboxylic acids is 2. The Balaban J connectivity index is 1.97. The van der Waals surface area contributed by atoms with Gasteiger partial charge in [-0.2, -0.15) is 5.10 Å². The summed E-state index contributed by atoms with van der Waals surface area (Å²) in [6.07, 6.45) is 0. The molecule has 0 spiro atoms. The molecule has 6 heteroatoms. The van der Waals surface area contributed by atoms with E-state index in [4.69, 9.17) is 11.6 Å². The summed E-state index contributed by atoms with van der Waals surface area (Å²) in [7, 11) is 0. The summed E-state index contributed by atoms with van der Waals surface area (Å²) in [6.45, 7) is 0. The second kappa shape index (κ2) is 4.17. The van der Waals surface area contributed by atoms with Crippen LogP contribution in [0.1, 0.15) is 20.7 Å². The highest BCUT2D eigenvalue weighted by Crippen LogP contribution is 2.35. The van der Waals surface area contributed by atoms with Gasteiger partial charge in [0.15, 0.2) is 0 Å². The number of rotatable bonds is 1. The summed E-state index contributed by atoms with van der Waals surface area (Å²) in [6, 6.07) is 11.9. The van der Waals surface area contributed by atoms with Crippen LogP contribution in [0.2, 0.25) is 5.15 Å². The molecule has 3 aromatic rings. The first-order valence-electron chi connectivity index (χ1n) is 6.29. The fourth-order valence-corrected chi connectivity index (χ4v) is 2.84. The zero-order chi connectivity index (χ0) is 14.6. The summed E-state index contributed by atoms with van der Waals surface area (Å²) in [5, 5.41) is 7.57. The molecule has 0 saturated carbocycles. The number of aromatic nitrogens is 2. The zero-order valence-electron chi connectivity index (χ0n) is 10.6. The van der Waals surface area contributed by atoms with Gasteiger partial charge in [-0.15, -0.1) is 0 Å². The zero-order valence-corrected chi connectivity index (χ0v) is 11.4. The van der Waals surface area contributed by atoms with Gasteiger partial charge in [-0.25, -0.2) is 4.90 Å². The lowest BCUT2D eigenvalue weighted by atomic mass is 10.1. The fraction of sp³-hybridized carbons (Fsp3) is 0. The van der Waals surface area contributed by atoms with Crippen LogP contribution in [-0.2, 0) is 0 Å². The number of anilines is 1. The molecule has 2 amide bonds. The van der Waals surface area contributed by atoms with E-state index >= 15 is 0 Å². The fourth-order valence-electron chi connectivity index (χ4n) is 2.61. The molecule has 1 aliphatic heterocycles. The van der Waals surface area contributed by atoms with Crippen LogP contribution in [0.4, 0.5) is 5.69 Å². The second-order valence-electron chi connectivity index (χ2n) is 4.70. The first kappa shape index (κ1) is 12.1. The number of fused-ring (bicyclic) bond motifs is 2. The normalized spacial score (nSPS) is 14.0. The third kappa shape index (κ3) is 1.55. The quantitative estimate of drug-likeness (QED) is 0.702. The maximum atomic E-state index is 12.5. The van der Waals surface area contributed by atoms with E-state index in [1.807, 2.05) is 0 Å². The number of imide groups is 1. The van der Waals surface area contributed by atoms with Gasteiger partial charge in [0.05, 0.1) is 27.7 Å². The Bertz CT molecular complexity index is 881. The molecule has 0 aliphatic carbocycles. The van der Waals surface area contributed by atoms with E-state index < -0.39 is 0 Å². The molecule has 2 heterocycles. The number of aromatic amines is 1. The monoisotopic (exact) mass is 297 g/mol. The molecule has 0 atom stereocenters. The number of benzene rings is 2. The predicted molar refractivity (Wildman–Crippen MR) is 78.7 cm³/mol. The van der Waals surface area contributed by atoms with Gasteiger partial charge in [0.2, 0.25) is 0 Å². The van der Waals surface area contributed by atoms with Gasteiger partial charge < -0.3 is 0 Å². The first-order chi connectivity index (χ1) is 10.2. The molecule has 0 fully saturated rings. The molecule has 1 aliphatic rings. The van der Waals surface area contributed by atoms with Gasteiger partial charge in [-0.3, -0.25) is 14.7 Å². The van der Waals surface area contributed by atoms with Crippen molar-refractivity contribution in [3.05, 3.63) is 58.7 Å². The highest BCUT2D eigenvalue weighted by atomic mass is 35.5. The van der Waals surface area contributed by atoms with Crippen LogP contribution in [-0.4, -0.2) is 22.0 Å². The third-order valence-corrected chi connectivity index (χ3v) is 3.82. The minimum absolute atomic E-state index is 0.303. The highest BCUT2D eigenvalue weighted by molar-refractivity contribution is 6.39.